The van der Waals surface area contributed by atoms with Gasteiger partial charge in [0, 0.05) is 111 Å². The largest absolute Gasteiger partial charge is 0.444 e. The van der Waals surface area contributed by atoms with Crippen molar-refractivity contribution in [3.05, 3.63) is 225 Å². The van der Waals surface area contributed by atoms with Crippen molar-refractivity contribution < 1.29 is 19.1 Å². The van der Waals surface area contributed by atoms with Crippen LogP contribution in [0.15, 0.2) is 159 Å². The zero-order valence-corrected chi connectivity index (χ0v) is 47.2. The van der Waals surface area contributed by atoms with E-state index in [-0.39, 0.29) is 36.5 Å². The van der Waals surface area contributed by atoms with Gasteiger partial charge in [-0.05, 0) is 152 Å². The molecule has 2 saturated heterocycles. The number of ether oxygens (including phenoxy) is 1. The minimum atomic E-state index is -0.671. The van der Waals surface area contributed by atoms with E-state index < -0.39 is 17.7 Å². The van der Waals surface area contributed by atoms with E-state index in [4.69, 9.17) is 37.9 Å². The molecular weight excluding hydrogens is 1060 g/mol. The maximum absolute atomic E-state index is 14.3. The van der Waals surface area contributed by atoms with Gasteiger partial charge in [-0.2, -0.15) is 0 Å². The number of pyridine rings is 2. The summed E-state index contributed by atoms with van der Waals surface area (Å²) in [5.74, 6) is -0.223. The summed E-state index contributed by atoms with van der Waals surface area (Å²) in [6.45, 7) is 10.0. The Kier molecular flexibility index (Phi) is 16.7. The molecule has 0 radical (unpaired) electrons. The summed E-state index contributed by atoms with van der Waals surface area (Å²) in [4.78, 5) is 65.4. The van der Waals surface area contributed by atoms with E-state index in [1.54, 1.807) is 29.9 Å². The number of aryl methyl sites for hydroxylation is 4. The Hall–Kier alpha value is -7.73. The molecule has 4 atom stereocenters. The number of nitrogens with zero attached hydrogens (tertiary/aromatic N) is 9. The third kappa shape index (κ3) is 13.1. The number of hydrogen-bond acceptors (Lipinski definition) is 11. The highest BCUT2D eigenvalue weighted by Gasteiger charge is 2.43. The van der Waals surface area contributed by atoms with E-state index in [1.807, 2.05) is 127 Å². The van der Waals surface area contributed by atoms with Crippen LogP contribution in [0.25, 0.3) is 0 Å². The first-order chi connectivity index (χ1) is 39.3. The lowest BCUT2D eigenvalue weighted by Gasteiger charge is -2.44. The molecule has 416 valence electrons. The zero-order valence-electron chi connectivity index (χ0n) is 45.7. The lowest BCUT2D eigenvalue weighted by molar-refractivity contribution is -0.124. The molecular formula is C63H66Cl2N12O4. The molecule has 18 heteroatoms. The van der Waals surface area contributed by atoms with Gasteiger partial charge in [0.05, 0.1) is 36.1 Å². The standard InChI is InChI=1S/C34H37ClN6O3.C29H29ClN6O/c1-34(2,3)44-33(43)40-16-17-41(31-28-12-11-26(35)19-25(28)10-9-24-7-5-13-37-30(24)31)29(21-40)32(42)38-27-8-4-6-23(18-27)20-39-15-14-36-22-39;30-23-8-9-25-22(16-23)7-6-21-4-2-10-33-27(21)28(25)36-14-12-31-17-26(36)29(37)34-24-5-1-3-20(15-24)18-35-13-11-32-19-35/h4-8,11-15,18-19,22,29,31H,9-10,16-17,20-21H2,1-3H3,(H,38,42);1-5,8-11,13,15-16,19,26,28,31H,6-7,12,14,17-18H2,(H,34,37)/t29-,31-;26-,28-/m11/s1. The Morgan fingerprint density at radius 3 is 1.64 bits per heavy atom. The number of hydrogen-bond donors (Lipinski definition) is 3. The fraction of sp³-hybridized carbons (Fsp3) is 0.317. The molecule has 8 aromatic rings. The summed E-state index contributed by atoms with van der Waals surface area (Å²) in [5.41, 5.74) is 11.9. The molecule has 81 heavy (non-hydrogen) atoms. The van der Waals surface area contributed by atoms with Gasteiger partial charge in [0.25, 0.3) is 0 Å². The summed E-state index contributed by atoms with van der Waals surface area (Å²) in [7, 11) is 0. The molecule has 0 unspecified atom stereocenters. The Morgan fingerprint density at radius 2 is 1.12 bits per heavy atom. The molecule has 16 nitrogen and oxygen atoms in total. The number of piperazine rings is 2. The Balaban J connectivity index is 0.000000173. The maximum atomic E-state index is 14.3. The minimum Gasteiger partial charge on any atom is -0.444 e. The third-order valence-electron chi connectivity index (χ3n) is 15.4. The first kappa shape index (κ1) is 55.2. The Bertz CT molecular complexity index is 3510. The Labute approximate surface area is 482 Å². The van der Waals surface area contributed by atoms with Gasteiger partial charge in [0.15, 0.2) is 0 Å². The monoisotopic (exact) mass is 1120 g/mol. The van der Waals surface area contributed by atoms with Crippen molar-refractivity contribution in [2.45, 2.75) is 89.3 Å². The van der Waals surface area contributed by atoms with E-state index in [9.17, 15) is 14.4 Å². The normalized spacial score (nSPS) is 19.0. The molecule has 0 saturated carbocycles. The van der Waals surface area contributed by atoms with Crippen LogP contribution in [-0.2, 0) is 53.1 Å². The number of nitrogens with one attached hydrogen (secondary N) is 3. The van der Waals surface area contributed by atoms with Gasteiger partial charge >= 0.3 is 6.09 Å². The first-order valence-corrected chi connectivity index (χ1v) is 28.4. The van der Waals surface area contributed by atoms with Crippen molar-refractivity contribution in [2.75, 3.05) is 49.9 Å². The lowest BCUT2D eigenvalue weighted by atomic mass is 9.94. The average molecular weight is 1130 g/mol. The van der Waals surface area contributed by atoms with Crippen molar-refractivity contribution in [1.82, 2.24) is 49.1 Å². The number of carbonyl (C=O) groups excluding carboxylic acids is 3. The summed E-state index contributed by atoms with van der Waals surface area (Å²) < 4.78 is 9.70. The molecule has 12 rings (SSSR count). The summed E-state index contributed by atoms with van der Waals surface area (Å²) in [6.07, 6.45) is 17.6. The van der Waals surface area contributed by atoms with E-state index in [1.165, 1.54) is 16.7 Å². The van der Waals surface area contributed by atoms with E-state index in [2.05, 4.69) is 72.1 Å². The molecule has 0 spiro atoms. The van der Waals surface area contributed by atoms with Gasteiger partial charge in [0.2, 0.25) is 11.8 Å². The summed E-state index contributed by atoms with van der Waals surface area (Å²) >= 11 is 12.8. The van der Waals surface area contributed by atoms with Crippen LogP contribution < -0.4 is 16.0 Å². The van der Waals surface area contributed by atoms with Gasteiger partial charge in [-0.15, -0.1) is 0 Å². The molecule has 2 aliphatic carbocycles. The van der Waals surface area contributed by atoms with Crippen molar-refractivity contribution >= 4 is 52.5 Å². The Morgan fingerprint density at radius 1 is 0.605 bits per heavy atom. The van der Waals surface area contributed by atoms with Crippen LogP contribution in [0.1, 0.15) is 88.8 Å². The number of fused-ring (bicyclic) bond motifs is 4. The van der Waals surface area contributed by atoms with Gasteiger partial charge in [0.1, 0.15) is 17.7 Å². The smallest absolute Gasteiger partial charge is 0.410 e. The molecule has 4 aliphatic rings. The fourth-order valence-corrected chi connectivity index (χ4v) is 12.1. The number of imidazole rings is 2. The van der Waals surface area contributed by atoms with Crippen LogP contribution in [0, 0.1) is 0 Å². The highest BCUT2D eigenvalue weighted by molar-refractivity contribution is 6.31. The van der Waals surface area contributed by atoms with Crippen molar-refractivity contribution in [1.29, 1.82) is 0 Å². The van der Waals surface area contributed by atoms with Crippen molar-refractivity contribution in [2.24, 2.45) is 0 Å². The second-order valence-electron chi connectivity index (χ2n) is 22.1. The summed E-state index contributed by atoms with van der Waals surface area (Å²) in [6, 6.07) is 34.7. The number of aromatic nitrogens is 6. The van der Waals surface area contributed by atoms with E-state index >= 15 is 0 Å². The topological polar surface area (TPSA) is 168 Å². The van der Waals surface area contributed by atoms with Crippen molar-refractivity contribution in [3.8, 4) is 0 Å². The summed E-state index contributed by atoms with van der Waals surface area (Å²) in [5, 5.41) is 11.2. The minimum absolute atomic E-state index is 0.0239. The first-order valence-electron chi connectivity index (χ1n) is 27.7. The second kappa shape index (κ2) is 24.6. The average Bonchev–Trinajstić information content (AvgIpc) is 4.13. The van der Waals surface area contributed by atoms with Crippen molar-refractivity contribution in [3.63, 3.8) is 0 Å². The van der Waals surface area contributed by atoms with Crippen LogP contribution >= 0.6 is 23.2 Å². The molecule has 4 aromatic heterocycles. The van der Waals surface area contributed by atoms with Gasteiger partial charge in [-0.1, -0.05) is 71.7 Å². The van der Waals surface area contributed by atoms with Gasteiger partial charge in [-0.25, -0.2) is 14.8 Å². The molecule has 4 aromatic carbocycles. The SMILES string of the molecule is CC(C)(C)OC(=O)N1CCN([C@@H]2c3ccc(Cl)cc3CCc3cccnc32)[C@@H](C(=O)Nc2cccc(Cn3ccnc3)c2)C1.O=C(Nc1cccc(Cn2ccnc2)c1)[C@H]1CNCCN1[C@@H]1c2ccc(Cl)cc2CCc2cccnc21. The number of carbonyl (C=O) groups is 3. The molecule has 6 heterocycles. The molecule has 2 aliphatic heterocycles. The van der Waals surface area contributed by atoms with Crippen LogP contribution in [0.2, 0.25) is 10.0 Å². The predicted molar refractivity (Wildman–Crippen MR) is 314 cm³/mol. The maximum Gasteiger partial charge on any atom is 0.410 e. The fourth-order valence-electron chi connectivity index (χ4n) is 11.7. The highest BCUT2D eigenvalue weighted by atomic mass is 35.5. The van der Waals surface area contributed by atoms with Crippen LogP contribution in [-0.4, -0.2) is 119 Å². The quantitative estimate of drug-likeness (QED) is 0.119. The van der Waals surface area contributed by atoms with Gasteiger partial charge in [-0.3, -0.25) is 29.4 Å². The highest BCUT2D eigenvalue weighted by Crippen LogP contribution is 2.41. The lowest BCUT2D eigenvalue weighted by Crippen LogP contribution is -2.60. The molecule has 3 N–H and O–H groups in total. The number of benzene rings is 4. The van der Waals surface area contributed by atoms with Gasteiger partial charge < -0.3 is 34.7 Å². The van der Waals surface area contributed by atoms with E-state index in [0.29, 0.717) is 43.4 Å². The third-order valence-corrected chi connectivity index (χ3v) is 15.8. The predicted octanol–water partition coefficient (Wildman–Crippen LogP) is 9.81. The number of anilines is 2. The zero-order chi connectivity index (χ0) is 56.0. The van der Waals surface area contributed by atoms with E-state index in [0.717, 1.165) is 88.7 Å². The molecule has 3 amide bonds. The molecule has 2 fully saturated rings. The van der Waals surface area contributed by atoms with Crippen LogP contribution in [0.3, 0.4) is 0 Å². The number of halogens is 2. The molecule has 0 bridgehead atoms. The van der Waals surface area contributed by atoms with Crippen LogP contribution in [0.4, 0.5) is 16.2 Å². The van der Waals surface area contributed by atoms with Crippen LogP contribution in [0.5, 0.6) is 0 Å². The number of rotatable bonds is 10. The number of amides is 3. The second-order valence-corrected chi connectivity index (χ2v) is 22.9.